The molecule has 4 heteroatoms. The highest BCUT2D eigenvalue weighted by Gasteiger charge is 2.03. The number of nitrogens with two attached hydrogens (primary N) is 1. The Morgan fingerprint density at radius 3 is 3.00 bits per heavy atom. The van der Waals surface area contributed by atoms with Crippen LogP contribution in [-0.4, -0.2) is 11.5 Å². The number of aromatic nitrogens is 1. The van der Waals surface area contributed by atoms with E-state index in [2.05, 4.69) is 11.1 Å². The number of benzene rings is 1. The molecule has 0 aliphatic heterocycles. The number of nitrogens with zero attached hydrogens (tertiary/aromatic N) is 1. The van der Waals surface area contributed by atoms with Gasteiger partial charge in [0.2, 0.25) is 0 Å². The molecule has 0 atom stereocenters. The van der Waals surface area contributed by atoms with E-state index >= 15 is 0 Å². The van der Waals surface area contributed by atoms with Gasteiger partial charge in [-0.2, -0.15) is 0 Å². The molecule has 0 spiro atoms. The minimum Gasteiger partial charge on any atom is -0.330 e. The smallest absolute Gasteiger partial charge is 0.0971 e. The van der Waals surface area contributed by atoms with Crippen LogP contribution in [0.4, 0.5) is 0 Å². The summed E-state index contributed by atoms with van der Waals surface area (Å²) in [5.74, 6) is 0. The fourth-order valence-electron chi connectivity index (χ4n) is 1.64. The first-order valence-corrected chi connectivity index (χ1v) is 6.85. The second-order valence-electron chi connectivity index (χ2n) is 3.92. The lowest BCUT2D eigenvalue weighted by atomic mass is 10.2. The van der Waals surface area contributed by atoms with E-state index in [1.54, 1.807) is 11.3 Å². The van der Waals surface area contributed by atoms with Gasteiger partial charge in [0.25, 0.3) is 0 Å². The molecule has 2 aromatic rings. The first kappa shape index (κ1) is 12.6. The van der Waals surface area contributed by atoms with E-state index in [1.165, 1.54) is 10.4 Å². The van der Waals surface area contributed by atoms with E-state index < -0.39 is 0 Å². The van der Waals surface area contributed by atoms with Crippen LogP contribution >= 0.6 is 22.9 Å². The molecular formula is C13H15ClN2S. The standard InChI is InChI=1S/C13H15ClN2S/c14-11-4-1-3-10(7-11)8-13-16-9-12(17-13)5-2-6-15/h1,3-4,7,9H,2,5-6,8,15H2. The molecule has 17 heavy (non-hydrogen) atoms. The summed E-state index contributed by atoms with van der Waals surface area (Å²) in [6.45, 7) is 0.738. The summed E-state index contributed by atoms with van der Waals surface area (Å²) >= 11 is 7.72. The van der Waals surface area contributed by atoms with E-state index in [0.717, 1.165) is 35.8 Å². The summed E-state index contributed by atoms with van der Waals surface area (Å²) in [6.07, 6.45) is 4.87. The molecule has 0 saturated carbocycles. The van der Waals surface area contributed by atoms with Crippen molar-refractivity contribution in [2.24, 2.45) is 5.73 Å². The van der Waals surface area contributed by atoms with Crippen molar-refractivity contribution in [2.75, 3.05) is 6.54 Å². The third kappa shape index (κ3) is 3.80. The molecule has 0 aliphatic carbocycles. The van der Waals surface area contributed by atoms with Crippen LogP contribution < -0.4 is 5.73 Å². The Kier molecular flexibility index (Phi) is 4.54. The zero-order valence-corrected chi connectivity index (χ0v) is 11.1. The summed E-state index contributed by atoms with van der Waals surface area (Å²) < 4.78 is 0. The Balaban J connectivity index is 2.01. The lowest BCUT2D eigenvalue weighted by Gasteiger charge is -1.98. The summed E-state index contributed by atoms with van der Waals surface area (Å²) in [7, 11) is 0. The van der Waals surface area contributed by atoms with Crippen LogP contribution in [0.1, 0.15) is 21.9 Å². The molecule has 0 fully saturated rings. The third-order valence-electron chi connectivity index (χ3n) is 2.47. The molecular weight excluding hydrogens is 252 g/mol. The van der Waals surface area contributed by atoms with Crippen molar-refractivity contribution in [1.82, 2.24) is 4.98 Å². The van der Waals surface area contributed by atoms with Gasteiger partial charge in [-0.25, -0.2) is 4.98 Å². The first-order valence-electron chi connectivity index (χ1n) is 5.66. The molecule has 2 rings (SSSR count). The average Bonchev–Trinajstić information content (AvgIpc) is 2.74. The van der Waals surface area contributed by atoms with Gasteiger partial charge in [0.15, 0.2) is 0 Å². The van der Waals surface area contributed by atoms with Crippen LogP contribution in [0.25, 0.3) is 0 Å². The van der Waals surface area contributed by atoms with Crippen molar-refractivity contribution in [1.29, 1.82) is 0 Å². The number of rotatable bonds is 5. The van der Waals surface area contributed by atoms with Gasteiger partial charge in [0, 0.05) is 22.5 Å². The highest BCUT2D eigenvalue weighted by Crippen LogP contribution is 2.19. The van der Waals surface area contributed by atoms with E-state index in [4.69, 9.17) is 17.3 Å². The highest BCUT2D eigenvalue weighted by atomic mass is 35.5. The van der Waals surface area contributed by atoms with Gasteiger partial charge in [-0.15, -0.1) is 11.3 Å². The molecule has 2 N–H and O–H groups in total. The van der Waals surface area contributed by atoms with E-state index in [9.17, 15) is 0 Å². The van der Waals surface area contributed by atoms with Crippen LogP contribution in [0, 0.1) is 0 Å². The van der Waals surface area contributed by atoms with Crippen LogP contribution in [0.5, 0.6) is 0 Å². The number of hydrogen-bond acceptors (Lipinski definition) is 3. The molecule has 0 unspecified atom stereocenters. The van der Waals surface area contributed by atoms with Gasteiger partial charge in [-0.05, 0) is 37.1 Å². The lowest BCUT2D eigenvalue weighted by molar-refractivity contribution is 0.841. The second-order valence-corrected chi connectivity index (χ2v) is 5.56. The molecule has 0 radical (unpaired) electrons. The zero-order chi connectivity index (χ0) is 12.1. The normalized spacial score (nSPS) is 10.7. The molecule has 1 aromatic heterocycles. The predicted octanol–water partition coefficient (Wildman–Crippen LogP) is 3.28. The summed E-state index contributed by atoms with van der Waals surface area (Å²) in [4.78, 5) is 5.74. The topological polar surface area (TPSA) is 38.9 Å². The van der Waals surface area contributed by atoms with E-state index in [0.29, 0.717) is 0 Å². The lowest BCUT2D eigenvalue weighted by Crippen LogP contribution is -1.99. The van der Waals surface area contributed by atoms with Crippen LogP contribution in [-0.2, 0) is 12.8 Å². The fourth-order valence-corrected chi connectivity index (χ4v) is 2.85. The van der Waals surface area contributed by atoms with Crippen molar-refractivity contribution in [2.45, 2.75) is 19.3 Å². The van der Waals surface area contributed by atoms with Crippen molar-refractivity contribution >= 4 is 22.9 Å². The summed E-state index contributed by atoms with van der Waals surface area (Å²) in [5.41, 5.74) is 6.70. The second kappa shape index (κ2) is 6.15. The van der Waals surface area contributed by atoms with Gasteiger partial charge < -0.3 is 5.73 Å². The van der Waals surface area contributed by atoms with E-state index in [1.807, 2.05) is 24.4 Å². The third-order valence-corrected chi connectivity index (χ3v) is 3.77. The molecule has 2 nitrogen and oxygen atoms in total. The molecule has 1 aromatic carbocycles. The molecule has 1 heterocycles. The Labute approximate surface area is 110 Å². The Morgan fingerprint density at radius 1 is 1.35 bits per heavy atom. The Bertz CT molecular complexity index is 482. The van der Waals surface area contributed by atoms with Gasteiger partial charge in [0.1, 0.15) is 0 Å². The highest BCUT2D eigenvalue weighted by molar-refractivity contribution is 7.11. The van der Waals surface area contributed by atoms with Gasteiger partial charge in [0.05, 0.1) is 5.01 Å². The maximum Gasteiger partial charge on any atom is 0.0971 e. The van der Waals surface area contributed by atoms with Gasteiger partial charge in [-0.1, -0.05) is 23.7 Å². The van der Waals surface area contributed by atoms with Crippen molar-refractivity contribution in [3.8, 4) is 0 Å². The minimum absolute atomic E-state index is 0.738. The largest absolute Gasteiger partial charge is 0.330 e. The molecule has 90 valence electrons. The van der Waals surface area contributed by atoms with Crippen LogP contribution in [0.3, 0.4) is 0 Å². The summed E-state index contributed by atoms with van der Waals surface area (Å²) in [6, 6.07) is 7.93. The van der Waals surface area contributed by atoms with Crippen molar-refractivity contribution in [3.05, 3.63) is 50.9 Å². The fraction of sp³-hybridized carbons (Fsp3) is 0.308. The maximum absolute atomic E-state index is 5.95. The number of halogens is 1. The van der Waals surface area contributed by atoms with Crippen molar-refractivity contribution < 1.29 is 0 Å². The molecule has 0 amide bonds. The van der Waals surface area contributed by atoms with E-state index in [-0.39, 0.29) is 0 Å². The predicted molar refractivity (Wildman–Crippen MR) is 73.7 cm³/mol. The van der Waals surface area contributed by atoms with Crippen LogP contribution in [0.15, 0.2) is 30.5 Å². The quantitative estimate of drug-likeness (QED) is 0.902. The Hall–Kier alpha value is -0.900. The van der Waals surface area contributed by atoms with Crippen molar-refractivity contribution in [3.63, 3.8) is 0 Å². The number of aryl methyl sites for hydroxylation is 1. The molecule has 0 aliphatic rings. The first-order chi connectivity index (χ1) is 8.28. The average molecular weight is 267 g/mol. The minimum atomic E-state index is 0.738. The molecule has 0 saturated heterocycles. The summed E-state index contributed by atoms with van der Waals surface area (Å²) in [5, 5.41) is 1.92. The zero-order valence-electron chi connectivity index (χ0n) is 9.53. The maximum atomic E-state index is 5.95. The SMILES string of the molecule is NCCCc1cnc(Cc2cccc(Cl)c2)s1. The molecule has 0 bridgehead atoms. The number of thiazole rings is 1. The van der Waals surface area contributed by atoms with Gasteiger partial charge >= 0.3 is 0 Å². The number of hydrogen-bond donors (Lipinski definition) is 1. The van der Waals surface area contributed by atoms with Gasteiger partial charge in [-0.3, -0.25) is 0 Å². The Morgan fingerprint density at radius 2 is 2.24 bits per heavy atom. The monoisotopic (exact) mass is 266 g/mol. The van der Waals surface area contributed by atoms with Crippen LogP contribution in [0.2, 0.25) is 5.02 Å².